The van der Waals surface area contributed by atoms with Crippen LogP contribution in [0.1, 0.15) is 27.9 Å². The molecule has 2 aromatic carbocycles. The smallest absolute Gasteiger partial charge is 0.159 e. The molecule has 3 aromatic rings. The summed E-state index contributed by atoms with van der Waals surface area (Å²) in [5.41, 5.74) is 13.8. The Bertz CT molecular complexity index is 998. The van der Waals surface area contributed by atoms with Crippen molar-refractivity contribution in [1.29, 1.82) is 0 Å². The Kier molecular flexibility index (Phi) is 5.01. The number of aromatic nitrogens is 2. The highest BCUT2D eigenvalue weighted by atomic mass is 16.5. The molecule has 0 saturated carbocycles. The summed E-state index contributed by atoms with van der Waals surface area (Å²) in [6, 6.07) is 12.0. The van der Waals surface area contributed by atoms with Crippen molar-refractivity contribution in [1.82, 2.24) is 14.9 Å². The number of hydrogen-bond donors (Lipinski definition) is 1. The molecule has 28 heavy (non-hydrogen) atoms. The van der Waals surface area contributed by atoms with Crippen molar-refractivity contribution in [3.05, 3.63) is 70.5 Å². The summed E-state index contributed by atoms with van der Waals surface area (Å²) in [5, 5.41) is 0. The minimum Gasteiger partial charge on any atom is -0.496 e. The van der Waals surface area contributed by atoms with Crippen LogP contribution in [0.5, 0.6) is 5.75 Å². The Morgan fingerprint density at radius 3 is 2.61 bits per heavy atom. The third-order valence-electron chi connectivity index (χ3n) is 5.65. The van der Waals surface area contributed by atoms with E-state index in [1.54, 1.807) is 7.11 Å². The molecule has 5 heteroatoms. The summed E-state index contributed by atoms with van der Waals surface area (Å²) in [4.78, 5) is 11.9. The molecule has 0 amide bonds. The number of rotatable bonds is 4. The SMILES string of the molecule is COc1ccc(CN2CCc3nc(-c4ccc(N)cc4)ncc3C2)c(C)c1C. The Morgan fingerprint density at radius 1 is 1.07 bits per heavy atom. The van der Waals surface area contributed by atoms with Crippen LogP contribution in [0.4, 0.5) is 5.69 Å². The average Bonchev–Trinajstić information content (AvgIpc) is 2.72. The molecule has 4 rings (SSSR count). The topological polar surface area (TPSA) is 64.3 Å². The quantitative estimate of drug-likeness (QED) is 0.702. The van der Waals surface area contributed by atoms with E-state index < -0.39 is 0 Å². The summed E-state index contributed by atoms with van der Waals surface area (Å²) >= 11 is 0. The molecule has 0 radical (unpaired) electrons. The lowest BCUT2D eigenvalue weighted by Gasteiger charge is -2.29. The van der Waals surface area contributed by atoms with Crippen molar-refractivity contribution in [3.63, 3.8) is 0 Å². The monoisotopic (exact) mass is 374 g/mol. The summed E-state index contributed by atoms with van der Waals surface area (Å²) in [6.07, 6.45) is 2.92. The van der Waals surface area contributed by atoms with Crippen LogP contribution >= 0.6 is 0 Å². The Labute approximate surface area is 166 Å². The summed E-state index contributed by atoms with van der Waals surface area (Å²) in [6.45, 7) is 7.09. The van der Waals surface area contributed by atoms with Gasteiger partial charge in [0, 0.05) is 49.1 Å². The van der Waals surface area contributed by atoms with Crippen molar-refractivity contribution in [2.75, 3.05) is 19.4 Å². The highest BCUT2D eigenvalue weighted by Gasteiger charge is 2.20. The molecule has 0 bridgehead atoms. The number of hydrogen-bond acceptors (Lipinski definition) is 5. The summed E-state index contributed by atoms with van der Waals surface area (Å²) < 4.78 is 5.43. The number of benzene rings is 2. The molecule has 0 spiro atoms. The maximum absolute atomic E-state index is 5.78. The van der Waals surface area contributed by atoms with Gasteiger partial charge in [-0.25, -0.2) is 9.97 Å². The molecule has 0 aliphatic carbocycles. The van der Waals surface area contributed by atoms with Gasteiger partial charge in [-0.05, 0) is 60.9 Å². The van der Waals surface area contributed by atoms with Crippen LogP contribution in [0.3, 0.4) is 0 Å². The predicted octanol–water partition coefficient (Wildman–Crippen LogP) is 3.91. The van der Waals surface area contributed by atoms with Crippen molar-refractivity contribution in [3.8, 4) is 17.1 Å². The van der Waals surface area contributed by atoms with Crippen LogP contribution in [0.2, 0.25) is 0 Å². The zero-order chi connectivity index (χ0) is 19.7. The van der Waals surface area contributed by atoms with Crippen LogP contribution in [0.25, 0.3) is 11.4 Å². The fourth-order valence-corrected chi connectivity index (χ4v) is 3.77. The molecule has 1 aliphatic rings. The van der Waals surface area contributed by atoms with Gasteiger partial charge in [0.1, 0.15) is 5.75 Å². The van der Waals surface area contributed by atoms with Gasteiger partial charge in [-0.3, -0.25) is 4.90 Å². The van der Waals surface area contributed by atoms with Crippen LogP contribution in [0.15, 0.2) is 42.6 Å². The minimum absolute atomic E-state index is 0.751. The maximum Gasteiger partial charge on any atom is 0.159 e. The molecule has 0 saturated heterocycles. The molecule has 0 fully saturated rings. The second-order valence-electron chi connectivity index (χ2n) is 7.43. The maximum atomic E-state index is 5.78. The molecule has 5 nitrogen and oxygen atoms in total. The van der Waals surface area contributed by atoms with E-state index in [1.807, 2.05) is 30.5 Å². The normalized spacial score (nSPS) is 14.0. The van der Waals surface area contributed by atoms with Crippen LogP contribution in [-0.2, 0) is 19.5 Å². The van der Waals surface area contributed by atoms with Gasteiger partial charge in [-0.1, -0.05) is 6.07 Å². The number of anilines is 1. The molecule has 144 valence electrons. The number of fused-ring (bicyclic) bond motifs is 1. The molecule has 0 unspecified atom stereocenters. The van der Waals surface area contributed by atoms with Gasteiger partial charge in [0.05, 0.1) is 12.8 Å². The van der Waals surface area contributed by atoms with E-state index in [1.165, 1.54) is 22.3 Å². The summed E-state index contributed by atoms with van der Waals surface area (Å²) in [5.74, 6) is 1.72. The van der Waals surface area contributed by atoms with Crippen molar-refractivity contribution < 1.29 is 4.74 Å². The first-order valence-corrected chi connectivity index (χ1v) is 9.61. The Balaban J connectivity index is 1.51. The fraction of sp³-hybridized carbons (Fsp3) is 0.304. The number of nitrogens with zero attached hydrogens (tertiary/aromatic N) is 3. The van der Waals surface area contributed by atoms with Gasteiger partial charge in [0.2, 0.25) is 0 Å². The van der Waals surface area contributed by atoms with Gasteiger partial charge in [-0.15, -0.1) is 0 Å². The lowest BCUT2D eigenvalue weighted by atomic mass is 10.0. The first-order valence-electron chi connectivity index (χ1n) is 9.61. The van der Waals surface area contributed by atoms with E-state index >= 15 is 0 Å². The minimum atomic E-state index is 0.751. The third kappa shape index (κ3) is 3.58. The largest absolute Gasteiger partial charge is 0.496 e. The predicted molar refractivity (Wildman–Crippen MR) is 112 cm³/mol. The van der Waals surface area contributed by atoms with E-state index in [0.29, 0.717) is 0 Å². The molecule has 1 aliphatic heterocycles. The van der Waals surface area contributed by atoms with E-state index in [-0.39, 0.29) is 0 Å². The molecule has 0 atom stereocenters. The van der Waals surface area contributed by atoms with Gasteiger partial charge < -0.3 is 10.5 Å². The lowest BCUT2D eigenvalue weighted by Crippen LogP contribution is -2.31. The van der Waals surface area contributed by atoms with Crippen LogP contribution < -0.4 is 10.5 Å². The zero-order valence-corrected chi connectivity index (χ0v) is 16.7. The van der Waals surface area contributed by atoms with Gasteiger partial charge in [0.25, 0.3) is 0 Å². The second kappa shape index (κ2) is 7.60. The van der Waals surface area contributed by atoms with Crippen molar-refractivity contribution in [2.24, 2.45) is 0 Å². The molecular formula is C23H26N4O. The van der Waals surface area contributed by atoms with Gasteiger partial charge in [0.15, 0.2) is 5.82 Å². The average molecular weight is 374 g/mol. The van der Waals surface area contributed by atoms with Gasteiger partial charge in [-0.2, -0.15) is 0 Å². The van der Waals surface area contributed by atoms with Crippen molar-refractivity contribution >= 4 is 5.69 Å². The van der Waals surface area contributed by atoms with E-state index in [9.17, 15) is 0 Å². The molecule has 2 heterocycles. The number of ether oxygens (including phenoxy) is 1. The number of nitrogens with two attached hydrogens (primary N) is 1. The number of methoxy groups -OCH3 is 1. The van der Waals surface area contributed by atoms with E-state index in [0.717, 1.165) is 54.6 Å². The van der Waals surface area contributed by atoms with Crippen molar-refractivity contribution in [2.45, 2.75) is 33.4 Å². The van der Waals surface area contributed by atoms with Gasteiger partial charge >= 0.3 is 0 Å². The highest BCUT2D eigenvalue weighted by Crippen LogP contribution is 2.27. The first kappa shape index (κ1) is 18.4. The standard InChI is InChI=1S/C23H26N4O/c1-15-16(2)22(28-3)9-6-18(15)13-27-11-10-21-19(14-27)12-25-23(26-21)17-4-7-20(24)8-5-17/h4-9,12H,10-11,13-14,24H2,1-3H3. The highest BCUT2D eigenvalue weighted by molar-refractivity contribution is 5.58. The van der Waals surface area contributed by atoms with E-state index in [2.05, 4.69) is 35.9 Å². The molecular weight excluding hydrogens is 348 g/mol. The molecule has 1 aromatic heterocycles. The number of nitrogen functional groups attached to an aromatic ring is 1. The molecule has 2 N–H and O–H groups in total. The Morgan fingerprint density at radius 2 is 1.86 bits per heavy atom. The third-order valence-corrected chi connectivity index (χ3v) is 5.65. The second-order valence-corrected chi connectivity index (χ2v) is 7.43. The first-order chi connectivity index (χ1) is 13.5. The van der Waals surface area contributed by atoms with Crippen LogP contribution in [-0.4, -0.2) is 28.5 Å². The van der Waals surface area contributed by atoms with Crippen LogP contribution in [0, 0.1) is 13.8 Å². The summed E-state index contributed by atoms with van der Waals surface area (Å²) in [7, 11) is 1.72. The lowest BCUT2D eigenvalue weighted by molar-refractivity contribution is 0.242. The van der Waals surface area contributed by atoms with E-state index in [4.69, 9.17) is 15.5 Å². The Hall–Kier alpha value is -2.92. The fourth-order valence-electron chi connectivity index (χ4n) is 3.77. The zero-order valence-electron chi connectivity index (χ0n) is 16.7.